The Balaban J connectivity index is 1.22. The van der Waals surface area contributed by atoms with E-state index in [1.165, 1.54) is 5.56 Å². The van der Waals surface area contributed by atoms with Crippen molar-refractivity contribution in [2.24, 2.45) is 0 Å². The number of morpholine rings is 1. The molecule has 3 heterocycles. The number of rotatable bonds is 9. The molecule has 0 saturated carbocycles. The molecule has 1 amide bonds. The number of nitrogens with zero attached hydrogens (tertiary/aromatic N) is 2. The van der Waals surface area contributed by atoms with Crippen molar-refractivity contribution in [1.82, 2.24) is 15.1 Å². The predicted octanol–water partition coefficient (Wildman–Crippen LogP) is 1.07. The number of hydrogen-bond acceptors (Lipinski definition) is 7. The fourth-order valence-corrected chi connectivity index (χ4v) is 5.25. The number of carbonyl (C=O) groups excluding carboxylic acids is 1. The highest BCUT2D eigenvalue weighted by Crippen LogP contribution is 2.28. The molecule has 34 heavy (non-hydrogen) atoms. The molecule has 0 bridgehead atoms. The molecule has 2 N–H and O–H groups in total. The van der Waals surface area contributed by atoms with Crippen LogP contribution in [0.3, 0.4) is 0 Å². The van der Waals surface area contributed by atoms with Gasteiger partial charge in [-0.3, -0.25) is 14.6 Å². The SMILES string of the molecule is O=C(C[C@H]1CC[C@H]2[C@@H](COC[C@@H](O)CN2CCc2ccccc2)O1)NCCCN1CCOCC1. The first-order valence-electron chi connectivity index (χ1n) is 12.9. The first kappa shape index (κ1) is 25.5. The lowest BCUT2D eigenvalue weighted by atomic mass is 9.94. The maximum Gasteiger partial charge on any atom is 0.222 e. The topological polar surface area (TPSA) is 83.5 Å². The Morgan fingerprint density at radius 1 is 1.06 bits per heavy atom. The summed E-state index contributed by atoms with van der Waals surface area (Å²) < 4.78 is 17.5. The number of β-amino-alcohol motifs (C(OH)–C–C–N with tert-alkyl or cyclic N) is 1. The molecule has 3 aliphatic heterocycles. The van der Waals surface area contributed by atoms with E-state index in [1.807, 2.05) is 6.07 Å². The minimum atomic E-state index is -0.488. The van der Waals surface area contributed by atoms with E-state index in [0.717, 1.165) is 65.1 Å². The number of benzene rings is 1. The predicted molar refractivity (Wildman–Crippen MR) is 130 cm³/mol. The fraction of sp³-hybridized carbons (Fsp3) is 0.731. The Labute approximate surface area is 203 Å². The second kappa shape index (κ2) is 13.5. The number of amides is 1. The highest BCUT2D eigenvalue weighted by Gasteiger charge is 2.37. The molecule has 3 fully saturated rings. The van der Waals surface area contributed by atoms with Gasteiger partial charge >= 0.3 is 0 Å². The van der Waals surface area contributed by atoms with Gasteiger partial charge in [-0.15, -0.1) is 0 Å². The highest BCUT2D eigenvalue weighted by atomic mass is 16.5. The van der Waals surface area contributed by atoms with Gasteiger partial charge in [-0.2, -0.15) is 0 Å². The normalized spacial score (nSPS) is 29.1. The molecule has 0 unspecified atom stereocenters. The molecule has 4 atom stereocenters. The molecule has 190 valence electrons. The summed E-state index contributed by atoms with van der Waals surface area (Å²) in [7, 11) is 0. The molecule has 3 saturated heterocycles. The van der Waals surface area contributed by atoms with Crippen LogP contribution in [-0.2, 0) is 25.4 Å². The van der Waals surface area contributed by atoms with Gasteiger partial charge in [0.25, 0.3) is 0 Å². The number of ether oxygens (including phenoxy) is 3. The first-order valence-corrected chi connectivity index (χ1v) is 12.9. The monoisotopic (exact) mass is 475 g/mol. The summed E-state index contributed by atoms with van der Waals surface area (Å²) in [5, 5.41) is 13.4. The molecule has 0 aliphatic carbocycles. The second-order valence-corrected chi connectivity index (χ2v) is 9.72. The summed E-state index contributed by atoms with van der Waals surface area (Å²) >= 11 is 0. The number of nitrogens with one attached hydrogen (secondary N) is 1. The van der Waals surface area contributed by atoms with E-state index in [1.54, 1.807) is 0 Å². The largest absolute Gasteiger partial charge is 0.389 e. The van der Waals surface area contributed by atoms with Gasteiger partial charge in [-0.25, -0.2) is 0 Å². The molecular formula is C26H41N3O5. The second-order valence-electron chi connectivity index (χ2n) is 9.72. The van der Waals surface area contributed by atoms with E-state index < -0.39 is 6.10 Å². The van der Waals surface area contributed by atoms with E-state index in [9.17, 15) is 9.90 Å². The van der Waals surface area contributed by atoms with Gasteiger partial charge in [0.2, 0.25) is 5.91 Å². The van der Waals surface area contributed by atoms with Crippen molar-refractivity contribution in [2.45, 2.75) is 56.5 Å². The molecule has 8 nitrogen and oxygen atoms in total. The lowest BCUT2D eigenvalue weighted by molar-refractivity contribution is -0.156. The van der Waals surface area contributed by atoms with Crippen LogP contribution in [0.4, 0.5) is 0 Å². The lowest BCUT2D eigenvalue weighted by Gasteiger charge is -2.44. The van der Waals surface area contributed by atoms with E-state index >= 15 is 0 Å². The number of aliphatic hydroxyl groups is 1. The van der Waals surface area contributed by atoms with Crippen molar-refractivity contribution in [3.05, 3.63) is 35.9 Å². The zero-order valence-electron chi connectivity index (χ0n) is 20.3. The zero-order valence-corrected chi connectivity index (χ0v) is 20.3. The molecule has 1 aromatic rings. The average molecular weight is 476 g/mol. The van der Waals surface area contributed by atoms with Crippen molar-refractivity contribution in [1.29, 1.82) is 0 Å². The molecular weight excluding hydrogens is 434 g/mol. The van der Waals surface area contributed by atoms with Crippen molar-refractivity contribution < 1.29 is 24.1 Å². The minimum Gasteiger partial charge on any atom is -0.389 e. The van der Waals surface area contributed by atoms with Crippen LogP contribution in [0.15, 0.2) is 30.3 Å². The van der Waals surface area contributed by atoms with Crippen molar-refractivity contribution in [2.75, 3.05) is 65.7 Å². The average Bonchev–Trinajstić information content (AvgIpc) is 2.85. The van der Waals surface area contributed by atoms with E-state index in [4.69, 9.17) is 14.2 Å². The van der Waals surface area contributed by atoms with Crippen molar-refractivity contribution in [3.8, 4) is 0 Å². The van der Waals surface area contributed by atoms with E-state index in [2.05, 4.69) is 39.4 Å². The molecule has 1 aromatic carbocycles. The molecule has 0 radical (unpaired) electrons. The third kappa shape index (κ3) is 8.00. The van der Waals surface area contributed by atoms with E-state index in [0.29, 0.717) is 32.7 Å². The smallest absolute Gasteiger partial charge is 0.222 e. The maximum atomic E-state index is 12.5. The first-order chi connectivity index (χ1) is 16.7. The number of hydrogen-bond donors (Lipinski definition) is 2. The Hall–Kier alpha value is -1.55. The molecule has 0 spiro atoms. The Kier molecular flexibility index (Phi) is 10.2. The standard InChI is InChI=1S/C26H41N3O5/c30-22-18-29(12-9-21-5-2-1-3-6-21)24-8-7-23(34-25(24)20-33-19-22)17-26(31)27-10-4-11-28-13-15-32-16-14-28/h1-3,5-6,22-25,30H,4,7-20H2,(H,27,31)/t22-,23+,24-,25+/m0/s1. The van der Waals surface area contributed by atoms with Crippen LogP contribution in [-0.4, -0.2) is 111 Å². The van der Waals surface area contributed by atoms with Crippen LogP contribution in [0.2, 0.25) is 0 Å². The van der Waals surface area contributed by atoms with Gasteiger partial charge in [-0.1, -0.05) is 30.3 Å². The van der Waals surface area contributed by atoms with Gasteiger partial charge < -0.3 is 24.6 Å². The van der Waals surface area contributed by atoms with Gasteiger partial charge in [0.15, 0.2) is 0 Å². The van der Waals surface area contributed by atoms with Gasteiger partial charge in [0.1, 0.15) is 0 Å². The Morgan fingerprint density at radius 2 is 1.88 bits per heavy atom. The summed E-state index contributed by atoms with van der Waals surface area (Å²) in [6, 6.07) is 10.7. The summed E-state index contributed by atoms with van der Waals surface area (Å²) in [4.78, 5) is 17.3. The Bertz CT molecular complexity index is 730. The molecule has 8 heteroatoms. The summed E-state index contributed by atoms with van der Waals surface area (Å²) in [5.74, 6) is 0.0635. The van der Waals surface area contributed by atoms with Gasteiger partial charge in [0.05, 0.1) is 51.2 Å². The van der Waals surface area contributed by atoms with Crippen molar-refractivity contribution in [3.63, 3.8) is 0 Å². The third-order valence-electron chi connectivity index (χ3n) is 7.11. The maximum absolute atomic E-state index is 12.5. The number of carbonyl (C=O) groups is 1. The van der Waals surface area contributed by atoms with Gasteiger partial charge in [-0.05, 0) is 37.8 Å². The molecule has 4 rings (SSSR count). The zero-order chi connectivity index (χ0) is 23.6. The van der Waals surface area contributed by atoms with Crippen LogP contribution in [0.5, 0.6) is 0 Å². The third-order valence-corrected chi connectivity index (χ3v) is 7.11. The van der Waals surface area contributed by atoms with Gasteiger partial charge in [0, 0.05) is 38.8 Å². The Morgan fingerprint density at radius 3 is 2.71 bits per heavy atom. The molecule has 3 aliphatic rings. The highest BCUT2D eigenvalue weighted by molar-refractivity contribution is 5.76. The fourth-order valence-electron chi connectivity index (χ4n) is 5.25. The van der Waals surface area contributed by atoms with Crippen LogP contribution in [0, 0.1) is 0 Å². The summed E-state index contributed by atoms with van der Waals surface area (Å²) in [6.45, 7) is 7.51. The van der Waals surface area contributed by atoms with Crippen LogP contribution < -0.4 is 5.32 Å². The van der Waals surface area contributed by atoms with Crippen molar-refractivity contribution >= 4 is 5.91 Å². The quantitative estimate of drug-likeness (QED) is 0.517. The summed E-state index contributed by atoms with van der Waals surface area (Å²) in [5.41, 5.74) is 1.30. The molecule has 0 aromatic heterocycles. The lowest BCUT2D eigenvalue weighted by Crippen LogP contribution is -2.56. The van der Waals surface area contributed by atoms with Crippen LogP contribution >= 0.6 is 0 Å². The van der Waals surface area contributed by atoms with Crippen LogP contribution in [0.1, 0.15) is 31.2 Å². The summed E-state index contributed by atoms with van der Waals surface area (Å²) in [6.07, 6.45) is 3.44. The van der Waals surface area contributed by atoms with Crippen LogP contribution in [0.25, 0.3) is 0 Å². The van der Waals surface area contributed by atoms with E-state index in [-0.39, 0.29) is 24.2 Å². The number of fused-ring (bicyclic) bond motifs is 1. The minimum absolute atomic E-state index is 0.0635. The number of aliphatic hydroxyl groups excluding tert-OH is 1.